The van der Waals surface area contributed by atoms with Crippen molar-refractivity contribution in [3.8, 4) is 0 Å². The fourth-order valence-corrected chi connectivity index (χ4v) is 2.61. The molecule has 0 aliphatic heterocycles. The van der Waals surface area contributed by atoms with Crippen molar-refractivity contribution in [1.29, 1.82) is 0 Å². The summed E-state index contributed by atoms with van der Waals surface area (Å²) in [6, 6.07) is 6.30. The summed E-state index contributed by atoms with van der Waals surface area (Å²) in [4.78, 5) is 0. The van der Waals surface area contributed by atoms with Crippen molar-refractivity contribution in [3.05, 3.63) is 28.1 Å². The molecule has 1 nitrogen and oxygen atoms in total. The minimum absolute atomic E-state index is 0.697. The molecule has 0 aliphatic rings. The molecule has 0 amide bonds. The largest absolute Gasteiger partial charge is 0.396 e. The second-order valence-electron chi connectivity index (χ2n) is 2.97. The zero-order valence-electron chi connectivity index (χ0n) is 7.30. The molecule has 0 fully saturated rings. The number of benzene rings is 1. The lowest BCUT2D eigenvalue weighted by molar-refractivity contribution is 1.15. The number of fused-ring (bicyclic) bond motifs is 1. The standard InChI is InChI=1S/C10H10ClNS/c1-2-6-3-4-7-8(5-6)13-10(11)9(7)12/h3-5H,2,12H2,1H3. The molecule has 0 spiro atoms. The molecule has 13 heavy (non-hydrogen) atoms. The normalized spacial score (nSPS) is 10.9. The molecule has 2 aromatic rings. The van der Waals surface area contributed by atoms with Gasteiger partial charge in [-0.1, -0.05) is 30.7 Å². The van der Waals surface area contributed by atoms with E-state index < -0.39 is 0 Å². The Bertz CT molecular complexity index is 447. The average Bonchev–Trinajstić information content (AvgIpc) is 2.42. The third-order valence-electron chi connectivity index (χ3n) is 2.16. The van der Waals surface area contributed by atoms with Crippen molar-refractivity contribution in [2.45, 2.75) is 13.3 Å². The van der Waals surface area contributed by atoms with Crippen molar-refractivity contribution in [1.82, 2.24) is 0 Å². The minimum atomic E-state index is 0.697. The number of aryl methyl sites for hydroxylation is 1. The zero-order valence-corrected chi connectivity index (χ0v) is 8.88. The van der Waals surface area contributed by atoms with Gasteiger partial charge in [0.15, 0.2) is 0 Å². The molecule has 0 bridgehead atoms. The van der Waals surface area contributed by atoms with Gasteiger partial charge in [0.2, 0.25) is 0 Å². The second-order valence-corrected chi connectivity index (χ2v) is 4.63. The smallest absolute Gasteiger partial charge is 0.117 e. The van der Waals surface area contributed by atoms with Crippen LogP contribution in [0.5, 0.6) is 0 Å². The highest BCUT2D eigenvalue weighted by molar-refractivity contribution is 7.23. The molecule has 1 aromatic heterocycles. The molecular formula is C10H10ClNS. The molecule has 1 aromatic carbocycles. The summed E-state index contributed by atoms with van der Waals surface area (Å²) < 4.78 is 1.88. The third-order valence-corrected chi connectivity index (χ3v) is 3.55. The van der Waals surface area contributed by atoms with Crippen LogP contribution in [0.2, 0.25) is 4.34 Å². The highest BCUT2D eigenvalue weighted by Gasteiger charge is 2.06. The summed E-state index contributed by atoms with van der Waals surface area (Å²) in [5, 5.41) is 1.08. The Morgan fingerprint density at radius 1 is 1.46 bits per heavy atom. The van der Waals surface area contributed by atoms with Crippen LogP contribution in [0, 0.1) is 0 Å². The van der Waals surface area contributed by atoms with Crippen molar-refractivity contribution < 1.29 is 0 Å². The maximum absolute atomic E-state index is 5.94. The molecule has 0 radical (unpaired) electrons. The first-order valence-electron chi connectivity index (χ1n) is 4.18. The number of hydrogen-bond donors (Lipinski definition) is 1. The molecule has 2 N–H and O–H groups in total. The van der Waals surface area contributed by atoms with Crippen molar-refractivity contribution in [2.24, 2.45) is 0 Å². The molecule has 0 unspecified atom stereocenters. The predicted octanol–water partition coefficient (Wildman–Crippen LogP) is 3.70. The molecule has 2 rings (SSSR count). The molecule has 1 heterocycles. The van der Waals surface area contributed by atoms with Crippen LogP contribution in [-0.2, 0) is 6.42 Å². The van der Waals surface area contributed by atoms with Gasteiger partial charge in [-0.15, -0.1) is 11.3 Å². The van der Waals surface area contributed by atoms with Crippen LogP contribution in [0.4, 0.5) is 5.69 Å². The third kappa shape index (κ3) is 1.40. The monoisotopic (exact) mass is 211 g/mol. The summed E-state index contributed by atoms with van der Waals surface area (Å²) in [6.07, 6.45) is 1.05. The van der Waals surface area contributed by atoms with Gasteiger partial charge in [-0.05, 0) is 18.1 Å². The van der Waals surface area contributed by atoms with E-state index in [-0.39, 0.29) is 0 Å². The summed E-state index contributed by atoms with van der Waals surface area (Å²) in [7, 11) is 0. The van der Waals surface area contributed by atoms with Gasteiger partial charge in [0.1, 0.15) is 4.34 Å². The van der Waals surface area contributed by atoms with Gasteiger partial charge >= 0.3 is 0 Å². The first-order valence-corrected chi connectivity index (χ1v) is 5.38. The molecular weight excluding hydrogens is 202 g/mol. The summed E-state index contributed by atoms with van der Waals surface area (Å²) in [5.74, 6) is 0. The zero-order chi connectivity index (χ0) is 9.42. The van der Waals surface area contributed by atoms with Crippen molar-refractivity contribution in [2.75, 3.05) is 5.73 Å². The lowest BCUT2D eigenvalue weighted by Crippen LogP contribution is -1.82. The van der Waals surface area contributed by atoms with E-state index in [2.05, 4.69) is 19.1 Å². The first-order chi connectivity index (χ1) is 6.22. The molecule has 0 atom stereocenters. The second kappa shape index (κ2) is 3.20. The highest BCUT2D eigenvalue weighted by Crippen LogP contribution is 2.37. The van der Waals surface area contributed by atoms with Crippen LogP contribution in [0.25, 0.3) is 10.1 Å². The van der Waals surface area contributed by atoms with Gasteiger partial charge in [-0.25, -0.2) is 0 Å². The molecule has 0 aliphatic carbocycles. The van der Waals surface area contributed by atoms with E-state index >= 15 is 0 Å². The SMILES string of the molecule is CCc1ccc2c(N)c(Cl)sc2c1. The number of nitrogens with two attached hydrogens (primary N) is 1. The quantitative estimate of drug-likeness (QED) is 0.765. The summed E-state index contributed by atoms with van der Waals surface area (Å²) >= 11 is 7.49. The number of thiophene rings is 1. The number of halogens is 1. The van der Waals surface area contributed by atoms with Gasteiger partial charge < -0.3 is 5.73 Å². The maximum atomic E-state index is 5.94. The Morgan fingerprint density at radius 3 is 2.92 bits per heavy atom. The number of nitrogen functional groups attached to an aromatic ring is 1. The van der Waals surface area contributed by atoms with Gasteiger partial charge in [-0.3, -0.25) is 0 Å². The van der Waals surface area contributed by atoms with Gasteiger partial charge in [0.05, 0.1) is 5.69 Å². The Kier molecular flexibility index (Phi) is 2.18. The Labute approximate surface area is 86.1 Å². The van der Waals surface area contributed by atoms with Crippen LogP contribution in [-0.4, -0.2) is 0 Å². The molecule has 68 valence electrons. The van der Waals surface area contributed by atoms with Gasteiger partial charge in [0, 0.05) is 10.1 Å². The predicted molar refractivity (Wildman–Crippen MR) is 60.6 cm³/mol. The number of anilines is 1. The topological polar surface area (TPSA) is 26.0 Å². The van der Waals surface area contributed by atoms with E-state index in [0.29, 0.717) is 10.0 Å². The van der Waals surface area contributed by atoms with Gasteiger partial charge in [-0.2, -0.15) is 0 Å². The lowest BCUT2D eigenvalue weighted by Gasteiger charge is -1.95. The fourth-order valence-electron chi connectivity index (χ4n) is 1.35. The van der Waals surface area contributed by atoms with Crippen LogP contribution >= 0.6 is 22.9 Å². The first kappa shape index (κ1) is 8.85. The van der Waals surface area contributed by atoms with Crippen LogP contribution in [0.1, 0.15) is 12.5 Å². The lowest BCUT2D eigenvalue weighted by atomic mass is 10.1. The number of rotatable bonds is 1. The van der Waals surface area contributed by atoms with Gasteiger partial charge in [0.25, 0.3) is 0 Å². The van der Waals surface area contributed by atoms with Crippen molar-refractivity contribution in [3.63, 3.8) is 0 Å². The minimum Gasteiger partial charge on any atom is -0.396 e. The maximum Gasteiger partial charge on any atom is 0.117 e. The van der Waals surface area contributed by atoms with E-state index in [9.17, 15) is 0 Å². The molecule has 3 heteroatoms. The Hall–Kier alpha value is -0.730. The van der Waals surface area contributed by atoms with E-state index in [0.717, 1.165) is 11.8 Å². The van der Waals surface area contributed by atoms with Crippen LogP contribution in [0.3, 0.4) is 0 Å². The van der Waals surface area contributed by atoms with E-state index in [1.807, 2.05) is 6.07 Å². The van der Waals surface area contributed by atoms with E-state index in [1.54, 1.807) is 11.3 Å². The summed E-state index contributed by atoms with van der Waals surface area (Å²) in [5.41, 5.74) is 7.85. The van der Waals surface area contributed by atoms with Crippen molar-refractivity contribution >= 4 is 38.7 Å². The highest BCUT2D eigenvalue weighted by atomic mass is 35.5. The Morgan fingerprint density at radius 2 is 2.23 bits per heavy atom. The molecule has 0 saturated carbocycles. The number of hydrogen-bond acceptors (Lipinski definition) is 2. The van der Waals surface area contributed by atoms with E-state index in [1.165, 1.54) is 10.3 Å². The van der Waals surface area contributed by atoms with E-state index in [4.69, 9.17) is 17.3 Å². The van der Waals surface area contributed by atoms with Crippen LogP contribution < -0.4 is 5.73 Å². The summed E-state index contributed by atoms with van der Waals surface area (Å²) in [6.45, 7) is 2.14. The molecule has 0 saturated heterocycles. The fraction of sp³-hybridized carbons (Fsp3) is 0.200. The average molecular weight is 212 g/mol. The van der Waals surface area contributed by atoms with Crippen LogP contribution in [0.15, 0.2) is 18.2 Å². The Balaban J connectivity index is 2.73.